The molecular weight excluding hydrogens is 204 g/mol. The lowest BCUT2D eigenvalue weighted by Gasteiger charge is -2.18. The monoisotopic (exact) mass is 224 g/mol. The highest BCUT2D eigenvalue weighted by Gasteiger charge is 2.11. The standard InChI is InChI=1S/C14H21Cl/c1-5-11-6-7-12(13(15)10-11)8-9-14(2,3)4/h6-7,10H,5,8-9H2,1-4H3. The Balaban J connectivity index is 2.70. The SMILES string of the molecule is CCc1ccc(CCC(C)(C)C)c(Cl)c1. The van der Waals surface area contributed by atoms with E-state index >= 15 is 0 Å². The van der Waals surface area contributed by atoms with Gasteiger partial charge in [-0.1, -0.05) is 51.4 Å². The highest BCUT2D eigenvalue weighted by molar-refractivity contribution is 6.31. The molecule has 0 spiro atoms. The number of benzene rings is 1. The maximum Gasteiger partial charge on any atom is 0.0440 e. The zero-order valence-electron chi connectivity index (χ0n) is 10.2. The lowest BCUT2D eigenvalue weighted by atomic mass is 9.88. The van der Waals surface area contributed by atoms with Gasteiger partial charge in [0.15, 0.2) is 0 Å². The summed E-state index contributed by atoms with van der Waals surface area (Å²) in [6, 6.07) is 6.45. The molecule has 0 heterocycles. The van der Waals surface area contributed by atoms with Crippen LogP contribution in [0.4, 0.5) is 0 Å². The van der Waals surface area contributed by atoms with Gasteiger partial charge in [-0.3, -0.25) is 0 Å². The molecule has 0 saturated carbocycles. The van der Waals surface area contributed by atoms with Gasteiger partial charge in [-0.25, -0.2) is 0 Å². The minimum atomic E-state index is 0.382. The summed E-state index contributed by atoms with van der Waals surface area (Å²) in [4.78, 5) is 0. The fourth-order valence-corrected chi connectivity index (χ4v) is 1.82. The molecule has 1 aromatic carbocycles. The van der Waals surface area contributed by atoms with Gasteiger partial charge < -0.3 is 0 Å². The molecule has 0 aromatic heterocycles. The zero-order valence-corrected chi connectivity index (χ0v) is 11.0. The van der Waals surface area contributed by atoms with E-state index < -0.39 is 0 Å². The van der Waals surface area contributed by atoms with E-state index in [-0.39, 0.29) is 0 Å². The summed E-state index contributed by atoms with van der Waals surface area (Å²) in [5.74, 6) is 0. The van der Waals surface area contributed by atoms with Gasteiger partial charge in [-0.05, 0) is 41.9 Å². The Morgan fingerprint density at radius 1 is 1.20 bits per heavy atom. The molecule has 0 N–H and O–H groups in total. The first-order chi connectivity index (χ1) is 6.92. The van der Waals surface area contributed by atoms with Crippen molar-refractivity contribution < 1.29 is 0 Å². The first kappa shape index (κ1) is 12.6. The quantitative estimate of drug-likeness (QED) is 0.687. The molecule has 0 aliphatic heterocycles. The van der Waals surface area contributed by atoms with Crippen molar-refractivity contribution >= 4 is 11.6 Å². The molecule has 0 nitrogen and oxygen atoms in total. The summed E-state index contributed by atoms with van der Waals surface area (Å²) in [7, 11) is 0. The van der Waals surface area contributed by atoms with Crippen LogP contribution in [0.2, 0.25) is 5.02 Å². The molecular formula is C14H21Cl. The molecule has 1 rings (SSSR count). The van der Waals surface area contributed by atoms with Crippen LogP contribution in [-0.2, 0) is 12.8 Å². The molecule has 1 aromatic rings. The average molecular weight is 225 g/mol. The lowest BCUT2D eigenvalue weighted by molar-refractivity contribution is 0.378. The van der Waals surface area contributed by atoms with Crippen LogP contribution >= 0.6 is 11.6 Å². The topological polar surface area (TPSA) is 0 Å². The fourth-order valence-electron chi connectivity index (χ4n) is 1.52. The van der Waals surface area contributed by atoms with Crippen molar-refractivity contribution in [3.05, 3.63) is 34.3 Å². The van der Waals surface area contributed by atoms with E-state index in [9.17, 15) is 0 Å². The molecule has 0 saturated heterocycles. The molecule has 0 amide bonds. The Morgan fingerprint density at radius 2 is 1.87 bits per heavy atom. The Kier molecular flexibility index (Phi) is 4.21. The molecule has 84 valence electrons. The number of hydrogen-bond acceptors (Lipinski definition) is 0. The second kappa shape index (κ2) is 5.03. The van der Waals surface area contributed by atoms with Crippen LogP contribution in [-0.4, -0.2) is 0 Å². The normalized spacial score (nSPS) is 11.8. The number of rotatable bonds is 3. The van der Waals surface area contributed by atoms with Gasteiger partial charge in [0.2, 0.25) is 0 Å². The van der Waals surface area contributed by atoms with Crippen LogP contribution in [0.15, 0.2) is 18.2 Å². The van der Waals surface area contributed by atoms with Gasteiger partial charge in [0.1, 0.15) is 0 Å². The summed E-state index contributed by atoms with van der Waals surface area (Å²) in [5.41, 5.74) is 2.98. The maximum absolute atomic E-state index is 6.24. The van der Waals surface area contributed by atoms with Crippen LogP contribution < -0.4 is 0 Å². The van der Waals surface area contributed by atoms with Gasteiger partial charge >= 0.3 is 0 Å². The van der Waals surface area contributed by atoms with Crippen molar-refractivity contribution in [2.45, 2.75) is 47.0 Å². The minimum absolute atomic E-state index is 0.382. The lowest BCUT2D eigenvalue weighted by Crippen LogP contribution is -2.06. The van der Waals surface area contributed by atoms with E-state index in [1.54, 1.807) is 0 Å². The molecule has 0 bridgehead atoms. The van der Waals surface area contributed by atoms with Crippen molar-refractivity contribution in [1.82, 2.24) is 0 Å². The van der Waals surface area contributed by atoms with Crippen LogP contribution in [0.3, 0.4) is 0 Å². The first-order valence-corrected chi connectivity index (χ1v) is 6.07. The number of aryl methyl sites for hydroxylation is 2. The Labute approximate surface area is 98.7 Å². The van der Waals surface area contributed by atoms with E-state index in [0.29, 0.717) is 5.41 Å². The number of hydrogen-bond donors (Lipinski definition) is 0. The van der Waals surface area contributed by atoms with Crippen LogP contribution in [0.5, 0.6) is 0 Å². The number of halogens is 1. The molecule has 0 atom stereocenters. The second-order valence-corrected chi connectivity index (χ2v) is 5.75. The molecule has 15 heavy (non-hydrogen) atoms. The third-order valence-electron chi connectivity index (χ3n) is 2.67. The van der Waals surface area contributed by atoms with Crippen molar-refractivity contribution in [3.8, 4) is 0 Å². The highest BCUT2D eigenvalue weighted by Crippen LogP contribution is 2.25. The molecule has 0 unspecified atom stereocenters. The summed E-state index contributed by atoms with van der Waals surface area (Å²) >= 11 is 6.24. The largest absolute Gasteiger partial charge is 0.0840 e. The van der Waals surface area contributed by atoms with Crippen molar-refractivity contribution in [2.24, 2.45) is 5.41 Å². The van der Waals surface area contributed by atoms with Gasteiger partial charge in [0.05, 0.1) is 0 Å². The van der Waals surface area contributed by atoms with Gasteiger partial charge in [-0.15, -0.1) is 0 Å². The van der Waals surface area contributed by atoms with Crippen molar-refractivity contribution in [2.75, 3.05) is 0 Å². The molecule has 0 fully saturated rings. The zero-order chi connectivity index (χ0) is 11.5. The molecule has 0 aliphatic carbocycles. The highest BCUT2D eigenvalue weighted by atomic mass is 35.5. The predicted octanol–water partition coefficient (Wildman–Crippen LogP) is 4.88. The average Bonchev–Trinajstić information content (AvgIpc) is 2.14. The van der Waals surface area contributed by atoms with Crippen LogP contribution in [0.25, 0.3) is 0 Å². The maximum atomic E-state index is 6.24. The Bertz CT molecular complexity index is 321. The van der Waals surface area contributed by atoms with Gasteiger partial charge in [-0.2, -0.15) is 0 Å². The van der Waals surface area contributed by atoms with E-state index in [1.807, 2.05) is 0 Å². The first-order valence-electron chi connectivity index (χ1n) is 5.69. The van der Waals surface area contributed by atoms with Crippen molar-refractivity contribution in [1.29, 1.82) is 0 Å². The predicted molar refractivity (Wildman–Crippen MR) is 68.6 cm³/mol. The molecule has 1 heteroatoms. The summed E-state index contributed by atoms with van der Waals surface area (Å²) in [5, 5.41) is 0.929. The van der Waals surface area contributed by atoms with E-state index in [2.05, 4.69) is 45.9 Å². The third kappa shape index (κ3) is 4.25. The fraction of sp³-hybridized carbons (Fsp3) is 0.571. The Hall–Kier alpha value is -0.490. The smallest absolute Gasteiger partial charge is 0.0440 e. The van der Waals surface area contributed by atoms with Crippen LogP contribution in [0.1, 0.15) is 45.2 Å². The summed E-state index contributed by atoms with van der Waals surface area (Å²) in [6.45, 7) is 8.95. The second-order valence-electron chi connectivity index (χ2n) is 5.34. The van der Waals surface area contributed by atoms with Gasteiger partial charge in [0, 0.05) is 5.02 Å². The van der Waals surface area contributed by atoms with E-state index in [1.165, 1.54) is 17.5 Å². The summed E-state index contributed by atoms with van der Waals surface area (Å²) in [6.07, 6.45) is 3.31. The third-order valence-corrected chi connectivity index (χ3v) is 3.02. The van der Waals surface area contributed by atoms with E-state index in [4.69, 9.17) is 11.6 Å². The van der Waals surface area contributed by atoms with Crippen LogP contribution in [0, 0.1) is 5.41 Å². The molecule has 0 aliphatic rings. The summed E-state index contributed by atoms with van der Waals surface area (Å²) < 4.78 is 0. The minimum Gasteiger partial charge on any atom is -0.0840 e. The van der Waals surface area contributed by atoms with Crippen molar-refractivity contribution in [3.63, 3.8) is 0 Å². The Morgan fingerprint density at radius 3 is 2.33 bits per heavy atom. The van der Waals surface area contributed by atoms with E-state index in [0.717, 1.165) is 17.9 Å². The molecule has 0 radical (unpaired) electrons. The van der Waals surface area contributed by atoms with Gasteiger partial charge in [0.25, 0.3) is 0 Å².